The van der Waals surface area contributed by atoms with Gasteiger partial charge in [0.05, 0.1) is 0 Å². The highest BCUT2D eigenvalue weighted by Gasteiger charge is 2.53. The molecule has 1 atom stereocenters. The van der Waals surface area contributed by atoms with Gasteiger partial charge in [-0.2, -0.15) is 0 Å². The molecule has 1 N–H and O–H groups in total. The monoisotopic (exact) mass is 475 g/mol. The number of nitrogens with one attached hydrogen (secondary N) is 1. The van der Waals surface area contributed by atoms with E-state index in [1.807, 2.05) is 4.90 Å². The number of nitrogens with zero attached hydrogens (tertiary/aromatic N) is 2. The average molecular weight is 476 g/mol. The van der Waals surface area contributed by atoms with Gasteiger partial charge in [-0.05, 0) is 44.1 Å². The van der Waals surface area contributed by atoms with Crippen LogP contribution in [0.15, 0.2) is 24.3 Å². The summed E-state index contributed by atoms with van der Waals surface area (Å²) in [6.45, 7) is 7.59. The van der Waals surface area contributed by atoms with Crippen LogP contribution in [0.4, 0.5) is 0 Å². The summed E-state index contributed by atoms with van der Waals surface area (Å²) in [7, 11) is 0. The lowest BCUT2D eigenvalue weighted by atomic mass is 9.79. The normalized spacial score (nSPS) is 23.9. The van der Waals surface area contributed by atoms with Crippen LogP contribution in [0, 0.1) is 12.8 Å². The molecule has 4 rings (SSSR count). The summed E-state index contributed by atoms with van der Waals surface area (Å²) >= 11 is 0. The molecule has 3 aliphatic rings. The second kappa shape index (κ2) is 11.7. The molecule has 1 saturated carbocycles. The summed E-state index contributed by atoms with van der Waals surface area (Å²) in [6, 6.07) is 8.39. The van der Waals surface area contributed by atoms with Gasteiger partial charge < -0.3 is 10.2 Å². The second-order valence-electron chi connectivity index (χ2n) is 10.4. The minimum atomic E-state index is -0.654. The predicted octanol–water partition coefficient (Wildman–Crippen LogP) is 4.85. The predicted molar refractivity (Wildman–Crippen MR) is 135 cm³/mol. The van der Waals surface area contributed by atoms with Gasteiger partial charge in [-0.15, -0.1) is 12.4 Å². The molecule has 2 saturated heterocycles. The summed E-state index contributed by atoms with van der Waals surface area (Å²) in [5.41, 5.74) is 1.93. The minimum absolute atomic E-state index is 0. The third kappa shape index (κ3) is 5.92. The van der Waals surface area contributed by atoms with E-state index in [9.17, 15) is 9.59 Å². The van der Waals surface area contributed by atoms with Gasteiger partial charge in [-0.25, -0.2) is 0 Å². The maximum atomic E-state index is 13.6. The van der Waals surface area contributed by atoms with Crippen molar-refractivity contribution in [1.82, 2.24) is 15.1 Å². The smallest absolute Gasteiger partial charge is 0.246 e. The number of carbonyl (C=O) groups is 2. The van der Waals surface area contributed by atoms with Crippen LogP contribution in [0.3, 0.4) is 0 Å². The number of rotatable bonds is 7. The molecule has 184 valence electrons. The maximum Gasteiger partial charge on any atom is 0.246 e. The molecule has 0 radical (unpaired) electrons. The lowest BCUT2D eigenvalue weighted by Gasteiger charge is -2.52. The van der Waals surface area contributed by atoms with Crippen molar-refractivity contribution in [3.63, 3.8) is 0 Å². The number of likely N-dealkylation sites (tertiary alicyclic amines) is 1. The van der Waals surface area contributed by atoms with Crippen molar-refractivity contribution in [1.29, 1.82) is 0 Å². The Kier molecular flexibility index (Phi) is 9.23. The molecule has 33 heavy (non-hydrogen) atoms. The van der Waals surface area contributed by atoms with Crippen molar-refractivity contribution >= 4 is 24.2 Å². The summed E-state index contributed by atoms with van der Waals surface area (Å²) in [6.07, 6.45) is 10.5. The maximum absolute atomic E-state index is 13.6. The van der Waals surface area contributed by atoms with Crippen molar-refractivity contribution < 1.29 is 9.59 Å². The van der Waals surface area contributed by atoms with Gasteiger partial charge in [0.15, 0.2) is 0 Å². The van der Waals surface area contributed by atoms with Crippen LogP contribution >= 0.6 is 12.4 Å². The van der Waals surface area contributed by atoms with Gasteiger partial charge in [-0.3, -0.25) is 14.5 Å². The first-order chi connectivity index (χ1) is 15.5. The van der Waals surface area contributed by atoms with E-state index in [1.165, 1.54) is 43.2 Å². The van der Waals surface area contributed by atoms with Crippen molar-refractivity contribution in [3.8, 4) is 0 Å². The van der Waals surface area contributed by atoms with E-state index in [0.29, 0.717) is 12.5 Å². The van der Waals surface area contributed by atoms with Gasteiger partial charge >= 0.3 is 0 Å². The molecule has 0 unspecified atom stereocenters. The van der Waals surface area contributed by atoms with Crippen molar-refractivity contribution in [2.24, 2.45) is 5.92 Å². The van der Waals surface area contributed by atoms with Gasteiger partial charge in [0.25, 0.3) is 0 Å². The topological polar surface area (TPSA) is 52.7 Å². The molecule has 1 aromatic carbocycles. The number of piperidine rings is 1. The summed E-state index contributed by atoms with van der Waals surface area (Å²) in [5.74, 6) is 0.857. The van der Waals surface area contributed by atoms with Gasteiger partial charge in [0.2, 0.25) is 11.8 Å². The fraction of sp³-hybridized carbons (Fsp3) is 0.704. The molecule has 0 aromatic heterocycles. The fourth-order valence-electron chi connectivity index (χ4n) is 5.96. The molecule has 5 nitrogen and oxygen atoms in total. The van der Waals surface area contributed by atoms with Gasteiger partial charge in [0, 0.05) is 26.2 Å². The fourth-order valence-corrected chi connectivity index (χ4v) is 5.96. The van der Waals surface area contributed by atoms with Crippen LogP contribution in [0.2, 0.25) is 0 Å². The highest BCUT2D eigenvalue weighted by molar-refractivity contribution is 6.00. The Bertz CT molecular complexity index is 783. The van der Waals surface area contributed by atoms with Crippen LogP contribution in [0.5, 0.6) is 0 Å². The van der Waals surface area contributed by atoms with E-state index in [4.69, 9.17) is 0 Å². The lowest BCUT2D eigenvalue weighted by molar-refractivity contribution is -0.162. The first-order valence-corrected chi connectivity index (χ1v) is 12.9. The largest absolute Gasteiger partial charge is 0.342 e. The second-order valence-corrected chi connectivity index (χ2v) is 10.4. The van der Waals surface area contributed by atoms with Crippen molar-refractivity contribution in [2.75, 3.05) is 19.6 Å². The molecule has 1 aliphatic carbocycles. The number of piperazine rings is 1. The van der Waals surface area contributed by atoms with E-state index < -0.39 is 5.54 Å². The van der Waals surface area contributed by atoms with E-state index in [-0.39, 0.29) is 30.3 Å². The van der Waals surface area contributed by atoms with Crippen molar-refractivity contribution in [2.45, 2.75) is 96.2 Å². The average Bonchev–Trinajstić information content (AvgIpc) is 2.81. The van der Waals surface area contributed by atoms with Gasteiger partial charge in [-0.1, -0.05) is 75.3 Å². The molecular weight excluding hydrogens is 434 g/mol. The minimum Gasteiger partial charge on any atom is -0.342 e. The first-order valence-electron chi connectivity index (χ1n) is 12.9. The zero-order valence-corrected chi connectivity index (χ0v) is 21.3. The molecule has 3 fully saturated rings. The quantitative estimate of drug-likeness (QED) is 0.613. The Balaban J connectivity index is 0.00000306. The third-order valence-electron chi connectivity index (χ3n) is 8.05. The van der Waals surface area contributed by atoms with E-state index in [0.717, 1.165) is 51.7 Å². The number of halogens is 1. The Morgan fingerprint density at radius 3 is 2.33 bits per heavy atom. The van der Waals surface area contributed by atoms with Crippen LogP contribution in [0.1, 0.15) is 82.3 Å². The number of hydrogen-bond donors (Lipinski definition) is 1. The number of carbonyl (C=O) groups excluding carboxylic acids is 2. The van der Waals surface area contributed by atoms with E-state index in [1.54, 1.807) is 0 Å². The summed E-state index contributed by atoms with van der Waals surface area (Å²) in [5, 5.41) is 3.20. The Labute approximate surface area is 206 Å². The van der Waals surface area contributed by atoms with E-state index >= 15 is 0 Å². The number of benzene rings is 1. The Morgan fingerprint density at radius 2 is 1.70 bits per heavy atom. The molecule has 1 spiro atoms. The summed E-state index contributed by atoms with van der Waals surface area (Å²) < 4.78 is 0. The zero-order valence-electron chi connectivity index (χ0n) is 20.5. The van der Waals surface area contributed by atoms with Crippen LogP contribution < -0.4 is 5.32 Å². The standard InChI is InChI=1S/C27H41N3O2.ClH/c1-3-4-16-30-25(31)24(19-22-8-6-5-7-9-22)28-26(32)27(30)14-17-29(18-15-27)20-23-12-10-21(2)11-13-23;/h10-13,22,24H,3-9,14-20H2,1-2H3,(H,28,32);1H/t24-;/m0./s1. The van der Waals surface area contributed by atoms with Crippen LogP contribution in [-0.2, 0) is 16.1 Å². The zero-order chi connectivity index (χ0) is 22.6. The highest BCUT2D eigenvalue weighted by atomic mass is 35.5. The summed E-state index contributed by atoms with van der Waals surface area (Å²) in [4.78, 5) is 31.6. The highest BCUT2D eigenvalue weighted by Crippen LogP contribution is 2.36. The number of amides is 2. The molecule has 2 aliphatic heterocycles. The van der Waals surface area contributed by atoms with Gasteiger partial charge in [0.1, 0.15) is 11.6 Å². The SMILES string of the molecule is CCCCN1C(=O)[C@H](CC2CCCCC2)NC(=O)C12CCN(Cc1ccc(C)cc1)CC2.Cl. The Morgan fingerprint density at radius 1 is 1.03 bits per heavy atom. The molecule has 2 amide bonds. The molecule has 2 heterocycles. The lowest BCUT2D eigenvalue weighted by Crippen LogP contribution is -2.73. The number of unbranched alkanes of at least 4 members (excludes halogenated alkanes) is 1. The molecule has 1 aromatic rings. The number of aryl methyl sites for hydroxylation is 1. The van der Waals surface area contributed by atoms with Crippen LogP contribution in [-0.4, -0.2) is 52.8 Å². The third-order valence-corrected chi connectivity index (χ3v) is 8.05. The molecule has 0 bridgehead atoms. The number of hydrogen-bond acceptors (Lipinski definition) is 3. The molecular formula is C27H42ClN3O2. The van der Waals surface area contributed by atoms with Crippen molar-refractivity contribution in [3.05, 3.63) is 35.4 Å². The van der Waals surface area contributed by atoms with E-state index in [2.05, 4.69) is 48.3 Å². The Hall–Kier alpha value is -1.59. The first kappa shape index (κ1) is 26.0. The van der Waals surface area contributed by atoms with Crippen LogP contribution in [0.25, 0.3) is 0 Å². The molecule has 6 heteroatoms.